The van der Waals surface area contributed by atoms with Gasteiger partial charge >= 0.3 is 12.3 Å². The summed E-state index contributed by atoms with van der Waals surface area (Å²) in [6.07, 6.45) is -4.83. The second-order valence-electron chi connectivity index (χ2n) is 4.02. The summed E-state index contributed by atoms with van der Waals surface area (Å²) in [6, 6.07) is 5.96. The van der Waals surface area contributed by atoms with Crippen molar-refractivity contribution in [1.82, 2.24) is 4.98 Å². The lowest BCUT2D eigenvalue weighted by molar-refractivity contribution is -0.274. The third-order valence-corrected chi connectivity index (χ3v) is 3.12. The molecule has 0 unspecified atom stereocenters. The first kappa shape index (κ1) is 16.4. The number of carboxylic acid groups (broad SMARTS) is 1. The van der Waals surface area contributed by atoms with Crippen molar-refractivity contribution < 1.29 is 27.8 Å². The summed E-state index contributed by atoms with van der Waals surface area (Å²) in [6.45, 7) is 0. The van der Waals surface area contributed by atoms with Gasteiger partial charge < -0.3 is 9.84 Å². The molecule has 0 saturated carbocycles. The average molecular weight is 352 g/mol. The van der Waals surface area contributed by atoms with Crippen LogP contribution in [0.1, 0.15) is 10.5 Å². The van der Waals surface area contributed by atoms with Crippen LogP contribution in [0.15, 0.2) is 30.3 Å². The number of benzene rings is 1. The van der Waals surface area contributed by atoms with Gasteiger partial charge in [0.2, 0.25) is 0 Å². The fourth-order valence-corrected chi connectivity index (χ4v) is 2.10. The predicted octanol–water partition coefficient (Wildman–Crippen LogP) is 4.65. The Labute approximate surface area is 132 Å². The zero-order chi connectivity index (χ0) is 16.5. The van der Waals surface area contributed by atoms with E-state index in [1.807, 2.05) is 0 Å². The fraction of sp³-hybridized carbons (Fsp3) is 0.0769. The Balaban J connectivity index is 2.42. The van der Waals surface area contributed by atoms with Gasteiger partial charge in [-0.05, 0) is 30.3 Å². The van der Waals surface area contributed by atoms with Crippen LogP contribution in [0.25, 0.3) is 11.3 Å². The quantitative estimate of drug-likeness (QED) is 0.874. The molecule has 0 aliphatic carbocycles. The van der Waals surface area contributed by atoms with Gasteiger partial charge in [-0.2, -0.15) is 0 Å². The van der Waals surface area contributed by atoms with E-state index < -0.39 is 18.1 Å². The molecule has 2 rings (SSSR count). The van der Waals surface area contributed by atoms with E-state index >= 15 is 0 Å². The molecule has 1 aromatic heterocycles. The minimum atomic E-state index is -4.83. The number of alkyl halides is 3. The van der Waals surface area contributed by atoms with Crippen LogP contribution in [0.3, 0.4) is 0 Å². The topological polar surface area (TPSA) is 59.4 Å². The average Bonchev–Trinajstić information content (AvgIpc) is 2.37. The standard InChI is InChI=1S/C13H6Cl2F3NO3/c14-8-3-4-10(19-11(8)12(20)21)7-2-1-6(5-9(7)15)22-13(16,17)18/h1-5H,(H,20,21). The summed E-state index contributed by atoms with van der Waals surface area (Å²) in [5.41, 5.74) is 0.0200. The number of carboxylic acids is 1. The number of hydrogen-bond donors (Lipinski definition) is 1. The number of hydrogen-bond acceptors (Lipinski definition) is 3. The molecule has 0 radical (unpaired) electrons. The summed E-state index contributed by atoms with van der Waals surface area (Å²) in [4.78, 5) is 14.8. The fourth-order valence-electron chi connectivity index (χ4n) is 1.64. The van der Waals surface area contributed by atoms with Gasteiger partial charge in [-0.1, -0.05) is 23.2 Å². The third kappa shape index (κ3) is 3.80. The van der Waals surface area contributed by atoms with Crippen molar-refractivity contribution in [3.63, 3.8) is 0 Å². The number of rotatable bonds is 3. The summed E-state index contributed by atoms with van der Waals surface area (Å²) in [5, 5.41) is 8.81. The Bertz CT molecular complexity index is 735. The van der Waals surface area contributed by atoms with Crippen LogP contribution < -0.4 is 4.74 Å². The number of ether oxygens (including phenoxy) is 1. The van der Waals surface area contributed by atoms with Gasteiger partial charge in [-0.3, -0.25) is 0 Å². The molecular weight excluding hydrogens is 346 g/mol. The molecule has 0 aliphatic rings. The molecule has 0 amide bonds. The minimum absolute atomic E-state index is 0.0654. The second-order valence-corrected chi connectivity index (χ2v) is 4.84. The largest absolute Gasteiger partial charge is 0.573 e. The van der Waals surface area contributed by atoms with Crippen LogP contribution in [-0.4, -0.2) is 22.4 Å². The van der Waals surface area contributed by atoms with Crippen LogP contribution in [0.5, 0.6) is 5.75 Å². The monoisotopic (exact) mass is 351 g/mol. The molecule has 116 valence electrons. The van der Waals surface area contributed by atoms with E-state index in [4.69, 9.17) is 28.3 Å². The molecule has 1 N–H and O–H groups in total. The van der Waals surface area contributed by atoms with Crippen LogP contribution in [0.2, 0.25) is 10.0 Å². The first-order valence-electron chi connectivity index (χ1n) is 5.63. The zero-order valence-electron chi connectivity index (χ0n) is 10.5. The van der Waals surface area contributed by atoms with E-state index in [0.29, 0.717) is 0 Å². The molecule has 0 aliphatic heterocycles. The molecule has 9 heteroatoms. The van der Waals surface area contributed by atoms with Crippen molar-refractivity contribution in [1.29, 1.82) is 0 Å². The SMILES string of the molecule is O=C(O)c1nc(-c2ccc(OC(F)(F)F)cc2Cl)ccc1Cl. The van der Waals surface area contributed by atoms with Gasteiger partial charge in [0.15, 0.2) is 5.69 Å². The molecule has 0 fully saturated rings. The van der Waals surface area contributed by atoms with E-state index in [1.54, 1.807) is 0 Å². The first-order chi connectivity index (χ1) is 10.2. The van der Waals surface area contributed by atoms with Crippen LogP contribution in [0.4, 0.5) is 13.2 Å². The van der Waals surface area contributed by atoms with Crippen molar-refractivity contribution in [2.24, 2.45) is 0 Å². The number of aromatic carboxylic acids is 1. The van der Waals surface area contributed by atoms with Crippen LogP contribution in [0, 0.1) is 0 Å². The van der Waals surface area contributed by atoms with E-state index in [0.717, 1.165) is 12.1 Å². The smallest absolute Gasteiger partial charge is 0.476 e. The minimum Gasteiger partial charge on any atom is -0.476 e. The van der Waals surface area contributed by atoms with Gasteiger partial charge in [0, 0.05) is 5.56 Å². The molecule has 4 nitrogen and oxygen atoms in total. The van der Waals surface area contributed by atoms with Gasteiger partial charge in [0.1, 0.15) is 5.75 Å². The summed E-state index contributed by atoms with van der Waals surface area (Å²) in [5.74, 6) is -1.83. The van der Waals surface area contributed by atoms with Gasteiger partial charge in [0.25, 0.3) is 0 Å². The highest BCUT2D eigenvalue weighted by Gasteiger charge is 2.31. The Morgan fingerprint density at radius 3 is 2.36 bits per heavy atom. The van der Waals surface area contributed by atoms with Gasteiger partial charge in [-0.15, -0.1) is 13.2 Å². The summed E-state index contributed by atoms with van der Waals surface area (Å²) >= 11 is 11.6. The van der Waals surface area contributed by atoms with E-state index in [-0.39, 0.29) is 27.0 Å². The van der Waals surface area contributed by atoms with Crippen molar-refractivity contribution >= 4 is 29.2 Å². The van der Waals surface area contributed by atoms with Crippen molar-refractivity contribution in [2.75, 3.05) is 0 Å². The highest BCUT2D eigenvalue weighted by atomic mass is 35.5. The maximum absolute atomic E-state index is 12.1. The molecule has 0 spiro atoms. The number of aromatic nitrogens is 1. The van der Waals surface area contributed by atoms with Gasteiger partial charge in [-0.25, -0.2) is 9.78 Å². The second kappa shape index (κ2) is 6.02. The number of nitrogens with zero attached hydrogens (tertiary/aromatic N) is 1. The third-order valence-electron chi connectivity index (χ3n) is 2.50. The Morgan fingerprint density at radius 1 is 1.14 bits per heavy atom. The highest BCUT2D eigenvalue weighted by molar-refractivity contribution is 6.34. The zero-order valence-corrected chi connectivity index (χ0v) is 12.0. The van der Waals surface area contributed by atoms with E-state index in [2.05, 4.69) is 9.72 Å². The van der Waals surface area contributed by atoms with E-state index in [9.17, 15) is 18.0 Å². The first-order valence-corrected chi connectivity index (χ1v) is 6.38. The maximum Gasteiger partial charge on any atom is 0.573 e. The normalized spacial score (nSPS) is 11.3. The molecule has 1 heterocycles. The number of halogens is 5. The molecular formula is C13H6Cl2F3NO3. The lowest BCUT2D eigenvalue weighted by Crippen LogP contribution is -2.17. The van der Waals surface area contributed by atoms with Crippen LogP contribution in [-0.2, 0) is 0 Å². The molecule has 0 atom stereocenters. The van der Waals surface area contributed by atoms with Crippen molar-refractivity contribution in [2.45, 2.75) is 6.36 Å². The lowest BCUT2D eigenvalue weighted by atomic mass is 10.1. The number of pyridine rings is 1. The molecule has 2 aromatic rings. The maximum atomic E-state index is 12.1. The summed E-state index contributed by atoms with van der Waals surface area (Å²) < 4.78 is 40.1. The Kier molecular flexibility index (Phi) is 4.48. The molecule has 0 bridgehead atoms. The van der Waals surface area contributed by atoms with Crippen LogP contribution >= 0.6 is 23.2 Å². The number of carbonyl (C=O) groups is 1. The van der Waals surface area contributed by atoms with E-state index in [1.165, 1.54) is 18.2 Å². The molecule has 0 saturated heterocycles. The van der Waals surface area contributed by atoms with Crippen molar-refractivity contribution in [3.05, 3.63) is 46.1 Å². The Morgan fingerprint density at radius 2 is 1.82 bits per heavy atom. The molecule has 1 aromatic carbocycles. The summed E-state index contributed by atoms with van der Waals surface area (Å²) in [7, 11) is 0. The lowest BCUT2D eigenvalue weighted by Gasteiger charge is -2.11. The predicted molar refractivity (Wildman–Crippen MR) is 73.3 cm³/mol. The Hall–Kier alpha value is -1.99. The van der Waals surface area contributed by atoms with Crippen molar-refractivity contribution in [3.8, 4) is 17.0 Å². The molecule has 22 heavy (non-hydrogen) atoms. The van der Waals surface area contributed by atoms with Gasteiger partial charge in [0.05, 0.1) is 15.7 Å². The highest BCUT2D eigenvalue weighted by Crippen LogP contribution is 2.33.